The summed E-state index contributed by atoms with van der Waals surface area (Å²) < 4.78 is 4.31. The second-order valence-electron chi connectivity index (χ2n) is 2.10. The third kappa shape index (κ3) is 1.82. The molecule has 1 aromatic rings. The fraction of sp³-hybridized carbons (Fsp3) is 0.167. The van der Waals surface area contributed by atoms with Crippen LogP contribution in [-0.4, -0.2) is 16.1 Å². The molecule has 12 heavy (non-hydrogen) atoms. The normalized spacial score (nSPS) is 9.42. The zero-order valence-electron chi connectivity index (χ0n) is 6.33. The van der Waals surface area contributed by atoms with E-state index >= 15 is 0 Å². The number of carbonyl (C=O) groups excluding carboxylic acids is 1. The van der Waals surface area contributed by atoms with Crippen LogP contribution in [0.3, 0.4) is 0 Å². The standard InChI is InChI=1S/C6H7N3O3/c1-3-2-8-4(10)5(9-3)12-6(7)11/h2H,1H3,(H2,7,11)(H,8,10). The molecule has 6 nitrogen and oxygen atoms in total. The number of carbonyl (C=O) groups is 1. The van der Waals surface area contributed by atoms with E-state index in [0.29, 0.717) is 5.69 Å². The molecule has 0 atom stereocenters. The number of hydrogen-bond donors (Lipinski definition) is 2. The van der Waals surface area contributed by atoms with Crippen LogP contribution in [0.2, 0.25) is 0 Å². The van der Waals surface area contributed by atoms with Crippen LogP contribution in [0, 0.1) is 6.92 Å². The molecular formula is C6H7N3O3. The van der Waals surface area contributed by atoms with Gasteiger partial charge in [-0.25, -0.2) is 9.78 Å². The van der Waals surface area contributed by atoms with Gasteiger partial charge in [0, 0.05) is 6.20 Å². The first-order valence-electron chi connectivity index (χ1n) is 3.13. The Morgan fingerprint density at radius 3 is 3.00 bits per heavy atom. The highest BCUT2D eigenvalue weighted by Crippen LogP contribution is 1.96. The molecule has 0 fully saturated rings. The number of nitrogens with zero attached hydrogens (tertiary/aromatic N) is 1. The molecule has 0 aliphatic heterocycles. The summed E-state index contributed by atoms with van der Waals surface area (Å²) in [6.45, 7) is 1.64. The molecular weight excluding hydrogens is 162 g/mol. The third-order valence-corrected chi connectivity index (χ3v) is 1.08. The Bertz CT molecular complexity index is 357. The zero-order chi connectivity index (χ0) is 9.14. The first-order chi connectivity index (χ1) is 5.59. The van der Waals surface area contributed by atoms with Gasteiger partial charge in [0.25, 0.3) is 5.88 Å². The summed E-state index contributed by atoms with van der Waals surface area (Å²) in [5, 5.41) is 0. The highest BCUT2D eigenvalue weighted by molar-refractivity contribution is 5.67. The number of nitrogens with two attached hydrogens (primary N) is 1. The quantitative estimate of drug-likeness (QED) is 0.594. The van der Waals surface area contributed by atoms with Crippen LogP contribution in [0.15, 0.2) is 11.0 Å². The Morgan fingerprint density at radius 2 is 2.42 bits per heavy atom. The molecule has 0 bridgehead atoms. The summed E-state index contributed by atoms with van der Waals surface area (Å²) in [6, 6.07) is 0. The summed E-state index contributed by atoms with van der Waals surface area (Å²) in [5.41, 5.74) is 4.64. The monoisotopic (exact) mass is 169 g/mol. The molecule has 1 heterocycles. The number of rotatable bonds is 1. The maximum atomic E-state index is 10.9. The summed E-state index contributed by atoms with van der Waals surface area (Å²) in [6.07, 6.45) is 0.342. The fourth-order valence-corrected chi connectivity index (χ4v) is 0.639. The van der Waals surface area contributed by atoms with E-state index in [1.54, 1.807) is 6.92 Å². The Labute approximate surface area is 67.4 Å². The van der Waals surface area contributed by atoms with Crippen molar-refractivity contribution >= 4 is 6.09 Å². The highest BCUT2D eigenvalue weighted by Gasteiger charge is 2.05. The average Bonchev–Trinajstić information content (AvgIpc) is 1.96. The minimum Gasteiger partial charge on any atom is -0.385 e. The van der Waals surface area contributed by atoms with Crippen LogP contribution in [-0.2, 0) is 0 Å². The van der Waals surface area contributed by atoms with Crippen molar-refractivity contribution in [2.75, 3.05) is 0 Å². The second-order valence-corrected chi connectivity index (χ2v) is 2.10. The maximum absolute atomic E-state index is 10.9. The summed E-state index contributed by atoms with van der Waals surface area (Å²) in [5.74, 6) is -0.331. The first kappa shape index (κ1) is 8.25. The third-order valence-electron chi connectivity index (χ3n) is 1.08. The predicted molar refractivity (Wildman–Crippen MR) is 39.8 cm³/mol. The molecule has 0 saturated heterocycles. The van der Waals surface area contributed by atoms with E-state index in [-0.39, 0.29) is 5.88 Å². The lowest BCUT2D eigenvalue weighted by molar-refractivity contribution is 0.208. The van der Waals surface area contributed by atoms with Crippen LogP contribution in [0.4, 0.5) is 4.79 Å². The van der Waals surface area contributed by atoms with Crippen molar-refractivity contribution in [1.82, 2.24) is 9.97 Å². The largest absolute Gasteiger partial charge is 0.411 e. The predicted octanol–water partition coefficient (Wildman–Crippen LogP) is -0.464. The molecule has 1 rings (SSSR count). The van der Waals surface area contributed by atoms with Gasteiger partial charge >= 0.3 is 11.7 Å². The Balaban J connectivity index is 3.06. The lowest BCUT2D eigenvalue weighted by Gasteiger charge is -1.97. The molecule has 0 aliphatic rings. The number of hydrogen-bond acceptors (Lipinski definition) is 4. The van der Waals surface area contributed by atoms with E-state index in [1.165, 1.54) is 6.20 Å². The van der Waals surface area contributed by atoms with Gasteiger partial charge in [0.05, 0.1) is 5.69 Å². The average molecular weight is 169 g/mol. The second kappa shape index (κ2) is 3.04. The number of ether oxygens (including phenoxy) is 1. The van der Waals surface area contributed by atoms with Crippen molar-refractivity contribution < 1.29 is 9.53 Å². The topological polar surface area (TPSA) is 98.1 Å². The van der Waals surface area contributed by atoms with Crippen molar-refractivity contribution in [2.24, 2.45) is 5.73 Å². The maximum Gasteiger partial charge on any atom is 0.411 e. The van der Waals surface area contributed by atoms with E-state index in [2.05, 4.69) is 20.4 Å². The number of aromatic amines is 1. The molecule has 0 aliphatic carbocycles. The molecule has 0 radical (unpaired) electrons. The molecule has 0 unspecified atom stereocenters. The van der Waals surface area contributed by atoms with Gasteiger partial charge in [-0.1, -0.05) is 0 Å². The van der Waals surface area contributed by atoms with Crippen LogP contribution >= 0.6 is 0 Å². The number of amides is 1. The summed E-state index contributed by atoms with van der Waals surface area (Å²) in [7, 11) is 0. The van der Waals surface area contributed by atoms with Crippen LogP contribution < -0.4 is 16.0 Å². The fourth-order valence-electron chi connectivity index (χ4n) is 0.639. The van der Waals surface area contributed by atoms with Gasteiger partial charge in [-0.15, -0.1) is 0 Å². The van der Waals surface area contributed by atoms with Crippen molar-refractivity contribution in [3.63, 3.8) is 0 Å². The molecule has 0 spiro atoms. The van der Waals surface area contributed by atoms with Gasteiger partial charge in [-0.2, -0.15) is 0 Å². The molecule has 1 amide bonds. The summed E-state index contributed by atoms with van der Waals surface area (Å²) >= 11 is 0. The number of aryl methyl sites for hydroxylation is 1. The van der Waals surface area contributed by atoms with Crippen molar-refractivity contribution in [3.8, 4) is 5.88 Å². The van der Waals surface area contributed by atoms with Gasteiger partial charge in [0.2, 0.25) is 0 Å². The Morgan fingerprint density at radius 1 is 1.75 bits per heavy atom. The lowest BCUT2D eigenvalue weighted by Crippen LogP contribution is -2.22. The van der Waals surface area contributed by atoms with Crippen molar-refractivity contribution in [1.29, 1.82) is 0 Å². The van der Waals surface area contributed by atoms with Crippen LogP contribution in [0.1, 0.15) is 5.69 Å². The molecule has 64 valence electrons. The number of primary amides is 1. The molecule has 3 N–H and O–H groups in total. The van der Waals surface area contributed by atoms with Crippen molar-refractivity contribution in [3.05, 3.63) is 22.2 Å². The van der Waals surface area contributed by atoms with E-state index in [1.807, 2.05) is 0 Å². The van der Waals surface area contributed by atoms with E-state index in [4.69, 9.17) is 0 Å². The van der Waals surface area contributed by atoms with Crippen molar-refractivity contribution in [2.45, 2.75) is 6.92 Å². The Kier molecular flexibility index (Phi) is 2.09. The minimum atomic E-state index is -1.06. The lowest BCUT2D eigenvalue weighted by atomic mass is 10.5. The van der Waals surface area contributed by atoms with E-state index < -0.39 is 11.7 Å². The minimum absolute atomic E-state index is 0.331. The first-order valence-corrected chi connectivity index (χ1v) is 3.13. The number of H-pyrrole nitrogens is 1. The zero-order valence-corrected chi connectivity index (χ0v) is 6.33. The van der Waals surface area contributed by atoms with Crippen LogP contribution in [0.5, 0.6) is 5.88 Å². The SMILES string of the molecule is Cc1c[nH]c(=O)c(OC(N)=O)n1. The number of aromatic nitrogens is 2. The van der Waals surface area contributed by atoms with E-state index in [9.17, 15) is 9.59 Å². The molecule has 0 saturated carbocycles. The van der Waals surface area contributed by atoms with E-state index in [0.717, 1.165) is 0 Å². The number of nitrogens with one attached hydrogen (secondary N) is 1. The highest BCUT2D eigenvalue weighted by atomic mass is 16.6. The van der Waals surface area contributed by atoms with Crippen LogP contribution in [0.25, 0.3) is 0 Å². The van der Waals surface area contributed by atoms with Gasteiger partial charge < -0.3 is 15.5 Å². The van der Waals surface area contributed by atoms with Gasteiger partial charge in [-0.3, -0.25) is 4.79 Å². The van der Waals surface area contributed by atoms with Gasteiger partial charge in [0.15, 0.2) is 0 Å². The Hall–Kier alpha value is -1.85. The molecule has 1 aromatic heterocycles. The molecule has 6 heteroatoms. The smallest absolute Gasteiger partial charge is 0.385 e. The molecule has 0 aromatic carbocycles. The summed E-state index contributed by atoms with van der Waals surface area (Å²) in [4.78, 5) is 27.1. The van der Waals surface area contributed by atoms with Gasteiger partial charge in [-0.05, 0) is 6.92 Å². The van der Waals surface area contributed by atoms with Gasteiger partial charge in [0.1, 0.15) is 0 Å².